The van der Waals surface area contributed by atoms with Gasteiger partial charge in [-0.25, -0.2) is 9.97 Å². The summed E-state index contributed by atoms with van der Waals surface area (Å²) >= 11 is 0. The zero-order valence-electron chi connectivity index (χ0n) is 16.2. The third kappa shape index (κ3) is 4.90. The van der Waals surface area contributed by atoms with Crippen LogP contribution < -0.4 is 19.5 Å². The molecule has 148 valence electrons. The Balaban J connectivity index is 1.76. The van der Waals surface area contributed by atoms with E-state index >= 15 is 0 Å². The second-order valence-corrected chi connectivity index (χ2v) is 5.98. The molecule has 0 radical (unpaired) electrons. The van der Waals surface area contributed by atoms with Crippen molar-refractivity contribution >= 4 is 11.6 Å². The van der Waals surface area contributed by atoms with E-state index < -0.39 is 0 Å². The Morgan fingerprint density at radius 2 is 1.83 bits per heavy atom. The van der Waals surface area contributed by atoms with Gasteiger partial charge in [0.1, 0.15) is 5.75 Å². The normalized spacial score (nSPS) is 10.1. The van der Waals surface area contributed by atoms with Crippen molar-refractivity contribution in [2.45, 2.75) is 6.42 Å². The van der Waals surface area contributed by atoms with Crippen molar-refractivity contribution in [3.8, 4) is 23.3 Å². The van der Waals surface area contributed by atoms with Gasteiger partial charge in [-0.3, -0.25) is 4.79 Å². The maximum atomic E-state index is 12.7. The van der Waals surface area contributed by atoms with Crippen LogP contribution in [0, 0.1) is 0 Å². The van der Waals surface area contributed by atoms with Crippen LogP contribution in [0.25, 0.3) is 0 Å². The summed E-state index contributed by atoms with van der Waals surface area (Å²) in [4.78, 5) is 20.7. The number of anilines is 1. The van der Waals surface area contributed by atoms with Gasteiger partial charge >= 0.3 is 6.01 Å². The van der Waals surface area contributed by atoms with Crippen molar-refractivity contribution in [2.24, 2.45) is 0 Å². The fourth-order valence-corrected chi connectivity index (χ4v) is 2.73. The van der Waals surface area contributed by atoms with Gasteiger partial charge in [-0.2, -0.15) is 0 Å². The zero-order chi connectivity index (χ0) is 20.6. The highest BCUT2D eigenvalue weighted by molar-refractivity contribution is 6.05. The molecule has 29 heavy (non-hydrogen) atoms. The third-order valence-electron chi connectivity index (χ3n) is 4.05. The molecule has 1 amide bonds. The molecule has 0 aliphatic heterocycles. The van der Waals surface area contributed by atoms with Gasteiger partial charge in [0.05, 0.1) is 14.2 Å². The average molecular weight is 391 g/mol. The summed E-state index contributed by atoms with van der Waals surface area (Å²) in [6.45, 7) is 3.75. The summed E-state index contributed by atoms with van der Waals surface area (Å²) in [5.41, 5.74) is 1.90. The number of amides is 1. The molecule has 2 aromatic carbocycles. The molecule has 1 aromatic heterocycles. The number of allylic oxidation sites excluding steroid dienone is 1. The number of ether oxygens (including phenoxy) is 3. The van der Waals surface area contributed by atoms with Crippen molar-refractivity contribution in [1.29, 1.82) is 0 Å². The van der Waals surface area contributed by atoms with E-state index in [1.165, 1.54) is 7.11 Å². The number of carbonyl (C=O) groups is 1. The highest BCUT2D eigenvalue weighted by atomic mass is 16.5. The van der Waals surface area contributed by atoms with Crippen LogP contribution in [0.2, 0.25) is 0 Å². The van der Waals surface area contributed by atoms with E-state index in [-0.39, 0.29) is 11.9 Å². The second kappa shape index (κ2) is 9.36. The van der Waals surface area contributed by atoms with Gasteiger partial charge in [-0.15, -0.1) is 6.58 Å². The van der Waals surface area contributed by atoms with Crippen molar-refractivity contribution in [3.05, 3.63) is 78.6 Å². The van der Waals surface area contributed by atoms with E-state index in [1.807, 2.05) is 0 Å². The fourth-order valence-electron chi connectivity index (χ4n) is 2.73. The molecule has 0 aliphatic rings. The Morgan fingerprint density at radius 3 is 2.45 bits per heavy atom. The summed E-state index contributed by atoms with van der Waals surface area (Å²) in [7, 11) is 3.10. The van der Waals surface area contributed by atoms with Crippen LogP contribution in [-0.2, 0) is 6.42 Å². The molecule has 0 atom stereocenters. The van der Waals surface area contributed by atoms with Gasteiger partial charge in [0.25, 0.3) is 5.91 Å². The van der Waals surface area contributed by atoms with Crippen molar-refractivity contribution in [2.75, 3.05) is 19.5 Å². The lowest BCUT2D eigenvalue weighted by molar-refractivity contribution is 0.102. The molecule has 0 saturated carbocycles. The van der Waals surface area contributed by atoms with Crippen molar-refractivity contribution < 1.29 is 19.0 Å². The Morgan fingerprint density at radius 1 is 1.10 bits per heavy atom. The number of rotatable bonds is 8. The molecule has 1 N–H and O–H groups in total. The Hall–Kier alpha value is -3.87. The van der Waals surface area contributed by atoms with Crippen molar-refractivity contribution in [3.63, 3.8) is 0 Å². The van der Waals surface area contributed by atoms with Gasteiger partial charge in [0, 0.05) is 29.2 Å². The number of aromatic nitrogens is 2. The van der Waals surface area contributed by atoms with E-state index in [1.54, 1.807) is 68.0 Å². The summed E-state index contributed by atoms with van der Waals surface area (Å²) in [6.07, 6.45) is 5.49. The minimum Gasteiger partial charge on any atom is -0.493 e. The summed E-state index contributed by atoms with van der Waals surface area (Å²) in [5.74, 6) is 1.38. The highest BCUT2D eigenvalue weighted by Gasteiger charge is 2.16. The number of nitrogens with zero attached hydrogens (tertiary/aromatic N) is 2. The number of benzene rings is 2. The zero-order valence-corrected chi connectivity index (χ0v) is 16.2. The average Bonchev–Trinajstić information content (AvgIpc) is 2.75. The molecule has 0 fully saturated rings. The predicted molar refractivity (Wildman–Crippen MR) is 110 cm³/mol. The molecule has 3 rings (SSSR count). The maximum Gasteiger partial charge on any atom is 0.321 e. The molecular weight excluding hydrogens is 370 g/mol. The van der Waals surface area contributed by atoms with E-state index in [2.05, 4.69) is 21.9 Å². The molecule has 3 aromatic rings. The van der Waals surface area contributed by atoms with Crippen LogP contribution >= 0.6 is 0 Å². The molecule has 0 aliphatic carbocycles. The topological polar surface area (TPSA) is 82.6 Å². The van der Waals surface area contributed by atoms with Gasteiger partial charge in [0.15, 0.2) is 11.5 Å². The lowest BCUT2D eigenvalue weighted by Crippen LogP contribution is -2.13. The molecule has 0 saturated heterocycles. The largest absolute Gasteiger partial charge is 0.493 e. The Labute approximate surface area is 169 Å². The number of hydrogen-bond donors (Lipinski definition) is 1. The summed E-state index contributed by atoms with van der Waals surface area (Å²) in [5, 5.41) is 2.86. The summed E-state index contributed by atoms with van der Waals surface area (Å²) < 4.78 is 16.3. The first kappa shape index (κ1) is 19.9. The molecule has 0 bridgehead atoms. The molecule has 7 nitrogen and oxygen atoms in total. The first-order valence-corrected chi connectivity index (χ1v) is 8.86. The fraction of sp³-hybridized carbons (Fsp3) is 0.136. The van der Waals surface area contributed by atoms with Gasteiger partial charge in [0.2, 0.25) is 0 Å². The van der Waals surface area contributed by atoms with Crippen LogP contribution in [0.1, 0.15) is 15.9 Å². The third-order valence-corrected chi connectivity index (χ3v) is 4.05. The first-order valence-electron chi connectivity index (χ1n) is 8.86. The van der Waals surface area contributed by atoms with E-state index in [9.17, 15) is 4.79 Å². The van der Waals surface area contributed by atoms with Gasteiger partial charge < -0.3 is 19.5 Å². The van der Waals surface area contributed by atoms with Gasteiger partial charge in [-0.05, 0) is 48.9 Å². The van der Waals surface area contributed by atoms with Crippen molar-refractivity contribution in [1.82, 2.24) is 9.97 Å². The van der Waals surface area contributed by atoms with Crippen LogP contribution in [0.15, 0.2) is 67.5 Å². The Bertz CT molecular complexity index is 989. The molecule has 1 heterocycles. The van der Waals surface area contributed by atoms with Gasteiger partial charge in [-0.1, -0.05) is 6.08 Å². The highest BCUT2D eigenvalue weighted by Crippen LogP contribution is 2.33. The lowest BCUT2D eigenvalue weighted by Gasteiger charge is -2.14. The predicted octanol–water partition coefficient (Wildman–Crippen LogP) is 4.27. The smallest absolute Gasteiger partial charge is 0.321 e. The Kier molecular flexibility index (Phi) is 6.42. The van der Waals surface area contributed by atoms with Crippen LogP contribution in [0.3, 0.4) is 0 Å². The SMILES string of the molecule is C=CCc1cc(C(=O)Nc2ccc(Oc3ncccn3)cc2)cc(OC)c1OC. The van der Waals surface area contributed by atoms with Crippen LogP contribution in [-0.4, -0.2) is 30.1 Å². The quantitative estimate of drug-likeness (QED) is 0.578. The molecule has 0 spiro atoms. The second-order valence-electron chi connectivity index (χ2n) is 5.98. The monoisotopic (exact) mass is 391 g/mol. The number of hydrogen-bond acceptors (Lipinski definition) is 6. The lowest BCUT2D eigenvalue weighted by atomic mass is 10.0. The molecule has 7 heteroatoms. The first-order chi connectivity index (χ1) is 14.1. The van der Waals surface area contributed by atoms with E-state index in [4.69, 9.17) is 14.2 Å². The van der Waals surface area contributed by atoms with E-state index in [0.29, 0.717) is 34.9 Å². The van der Waals surface area contributed by atoms with E-state index in [0.717, 1.165) is 5.56 Å². The minimum atomic E-state index is -0.267. The van der Waals surface area contributed by atoms with Crippen LogP contribution in [0.4, 0.5) is 5.69 Å². The summed E-state index contributed by atoms with van der Waals surface area (Å²) in [6, 6.07) is 12.3. The number of methoxy groups -OCH3 is 2. The maximum absolute atomic E-state index is 12.7. The van der Waals surface area contributed by atoms with Crippen LogP contribution in [0.5, 0.6) is 23.3 Å². The molecule has 0 unspecified atom stereocenters. The standard InChI is InChI=1S/C22H21N3O4/c1-4-6-15-13-16(14-19(27-2)20(15)28-3)21(26)25-17-7-9-18(10-8-17)29-22-23-11-5-12-24-22/h4-5,7-14H,1,6H2,2-3H3,(H,25,26). The molecular formula is C22H21N3O4. The minimum absolute atomic E-state index is 0.254. The number of nitrogens with one attached hydrogen (secondary N) is 1. The number of carbonyl (C=O) groups excluding carboxylic acids is 1.